The van der Waals surface area contributed by atoms with Crippen LogP contribution in [0.4, 0.5) is 0 Å². The molecule has 1 atom stereocenters. The quantitative estimate of drug-likeness (QED) is 0.856. The molecule has 4 nitrogen and oxygen atoms in total. The Hall–Kier alpha value is -1.64. The third kappa shape index (κ3) is 4.19. The normalized spacial score (nSPS) is 19.0. The van der Waals surface area contributed by atoms with Crippen molar-refractivity contribution < 1.29 is 8.42 Å². The summed E-state index contributed by atoms with van der Waals surface area (Å²) in [6, 6.07) is 8.64. The van der Waals surface area contributed by atoms with E-state index in [-0.39, 0.29) is 11.8 Å². The highest BCUT2D eigenvalue weighted by Gasteiger charge is 2.18. The van der Waals surface area contributed by atoms with Gasteiger partial charge >= 0.3 is 0 Å². The second-order valence-electron chi connectivity index (χ2n) is 4.67. The molecule has 19 heavy (non-hydrogen) atoms. The minimum absolute atomic E-state index is 0.00776. The minimum atomic E-state index is -3.32. The molecule has 0 bridgehead atoms. The third-order valence-corrected chi connectivity index (χ3v) is 4.46. The topological polar surface area (TPSA) is 70.0 Å². The summed E-state index contributed by atoms with van der Waals surface area (Å²) in [5, 5.41) is 8.69. The van der Waals surface area contributed by atoms with Gasteiger partial charge in [0, 0.05) is 6.04 Å². The first kappa shape index (κ1) is 13.8. The van der Waals surface area contributed by atoms with Crippen LogP contribution in [0, 0.1) is 11.3 Å². The first-order valence-corrected chi connectivity index (χ1v) is 7.88. The van der Waals surface area contributed by atoms with E-state index in [9.17, 15) is 8.42 Å². The van der Waals surface area contributed by atoms with Crippen molar-refractivity contribution in [1.29, 1.82) is 5.26 Å². The standard InChI is InChI=1S/C14H16N2O2S/c15-10-12-6-8-13(9-7-12)11-19(17,18)16-14-4-2-1-3-5-14/h1-2,6-9,14,16H,3-5,11H2. The molecule has 1 aromatic carbocycles. The number of benzene rings is 1. The molecule has 0 spiro atoms. The van der Waals surface area contributed by atoms with Gasteiger partial charge in [0.1, 0.15) is 0 Å². The van der Waals surface area contributed by atoms with Gasteiger partial charge < -0.3 is 0 Å². The fraction of sp³-hybridized carbons (Fsp3) is 0.357. The molecule has 1 aromatic rings. The summed E-state index contributed by atoms with van der Waals surface area (Å²) in [6.07, 6.45) is 6.61. The molecule has 2 rings (SSSR count). The molecule has 0 saturated carbocycles. The number of sulfonamides is 1. The number of nitriles is 1. The maximum absolute atomic E-state index is 12.0. The van der Waals surface area contributed by atoms with Gasteiger partial charge in [-0.1, -0.05) is 24.3 Å². The Morgan fingerprint density at radius 1 is 1.26 bits per heavy atom. The van der Waals surface area contributed by atoms with Crippen molar-refractivity contribution in [2.24, 2.45) is 0 Å². The maximum atomic E-state index is 12.0. The Bertz CT molecular complexity index is 597. The van der Waals surface area contributed by atoms with E-state index >= 15 is 0 Å². The Kier molecular flexibility index (Phi) is 4.35. The van der Waals surface area contributed by atoms with E-state index in [1.165, 1.54) is 0 Å². The minimum Gasteiger partial charge on any atom is -0.212 e. The van der Waals surface area contributed by atoms with Crippen LogP contribution in [0.3, 0.4) is 0 Å². The van der Waals surface area contributed by atoms with Gasteiger partial charge in [-0.15, -0.1) is 0 Å². The fourth-order valence-corrected chi connectivity index (χ4v) is 3.53. The molecule has 0 heterocycles. The first-order chi connectivity index (χ1) is 9.09. The summed E-state index contributed by atoms with van der Waals surface area (Å²) >= 11 is 0. The molecule has 1 unspecified atom stereocenters. The highest BCUT2D eigenvalue weighted by Crippen LogP contribution is 2.13. The van der Waals surface area contributed by atoms with Crippen molar-refractivity contribution in [1.82, 2.24) is 4.72 Å². The van der Waals surface area contributed by atoms with Crippen LogP contribution in [-0.2, 0) is 15.8 Å². The Labute approximate surface area is 113 Å². The maximum Gasteiger partial charge on any atom is 0.216 e. The summed E-state index contributed by atoms with van der Waals surface area (Å²) in [6.45, 7) is 0. The van der Waals surface area contributed by atoms with Gasteiger partial charge in [-0.05, 0) is 37.0 Å². The zero-order valence-electron chi connectivity index (χ0n) is 10.5. The predicted octanol–water partition coefficient (Wildman–Crippen LogP) is 2.09. The molecule has 0 fully saturated rings. The van der Waals surface area contributed by atoms with Crippen LogP contribution >= 0.6 is 0 Å². The summed E-state index contributed by atoms with van der Waals surface area (Å²) in [5.41, 5.74) is 1.23. The summed E-state index contributed by atoms with van der Waals surface area (Å²) < 4.78 is 26.8. The Morgan fingerprint density at radius 3 is 2.58 bits per heavy atom. The number of allylic oxidation sites excluding steroid dienone is 1. The van der Waals surface area contributed by atoms with Gasteiger partial charge in [0.2, 0.25) is 10.0 Å². The number of nitrogens with zero attached hydrogens (tertiary/aromatic N) is 1. The SMILES string of the molecule is N#Cc1ccc(CS(=O)(=O)NC2CC=CCC2)cc1. The van der Waals surface area contributed by atoms with E-state index in [0.717, 1.165) is 19.3 Å². The van der Waals surface area contributed by atoms with Crippen molar-refractivity contribution in [3.05, 3.63) is 47.5 Å². The molecule has 1 aliphatic carbocycles. The zero-order chi connectivity index (χ0) is 13.7. The van der Waals surface area contributed by atoms with Crippen molar-refractivity contribution in [2.45, 2.75) is 31.1 Å². The van der Waals surface area contributed by atoms with Crippen LogP contribution in [0.5, 0.6) is 0 Å². The van der Waals surface area contributed by atoms with E-state index < -0.39 is 10.0 Å². The van der Waals surface area contributed by atoms with E-state index in [4.69, 9.17) is 5.26 Å². The zero-order valence-corrected chi connectivity index (χ0v) is 11.4. The molecule has 0 radical (unpaired) electrons. The van der Waals surface area contributed by atoms with Gasteiger partial charge in [-0.25, -0.2) is 13.1 Å². The Balaban J connectivity index is 2.00. The van der Waals surface area contributed by atoms with Crippen molar-refractivity contribution in [3.63, 3.8) is 0 Å². The second kappa shape index (κ2) is 6.00. The van der Waals surface area contributed by atoms with Crippen molar-refractivity contribution in [2.75, 3.05) is 0 Å². The lowest BCUT2D eigenvalue weighted by molar-refractivity contribution is 0.522. The van der Waals surface area contributed by atoms with Gasteiger partial charge in [0.15, 0.2) is 0 Å². The lowest BCUT2D eigenvalue weighted by Crippen LogP contribution is -2.36. The predicted molar refractivity (Wildman–Crippen MR) is 73.7 cm³/mol. The lowest BCUT2D eigenvalue weighted by Gasteiger charge is -2.19. The van der Waals surface area contributed by atoms with E-state index in [2.05, 4.69) is 10.8 Å². The number of nitrogens with one attached hydrogen (secondary N) is 1. The van der Waals surface area contributed by atoms with E-state index in [1.807, 2.05) is 12.1 Å². The number of hydrogen-bond acceptors (Lipinski definition) is 3. The molecular formula is C14H16N2O2S. The molecule has 0 aromatic heterocycles. The average molecular weight is 276 g/mol. The van der Waals surface area contributed by atoms with Crippen LogP contribution in [0.1, 0.15) is 30.4 Å². The first-order valence-electron chi connectivity index (χ1n) is 6.23. The van der Waals surface area contributed by atoms with Gasteiger partial charge in [0.25, 0.3) is 0 Å². The smallest absolute Gasteiger partial charge is 0.212 e. The summed E-state index contributed by atoms with van der Waals surface area (Å²) in [5.74, 6) is -0.0427. The van der Waals surface area contributed by atoms with Gasteiger partial charge in [-0.2, -0.15) is 5.26 Å². The van der Waals surface area contributed by atoms with Crippen LogP contribution in [-0.4, -0.2) is 14.5 Å². The largest absolute Gasteiger partial charge is 0.216 e. The monoisotopic (exact) mass is 276 g/mol. The highest BCUT2D eigenvalue weighted by atomic mass is 32.2. The van der Waals surface area contributed by atoms with Gasteiger partial charge in [-0.3, -0.25) is 0 Å². The third-order valence-electron chi connectivity index (χ3n) is 3.06. The molecule has 1 N–H and O–H groups in total. The van der Waals surface area contributed by atoms with Crippen molar-refractivity contribution in [3.8, 4) is 6.07 Å². The number of hydrogen-bond donors (Lipinski definition) is 1. The molecule has 0 aliphatic heterocycles. The fourth-order valence-electron chi connectivity index (χ4n) is 2.09. The molecule has 5 heteroatoms. The van der Waals surface area contributed by atoms with E-state index in [1.54, 1.807) is 24.3 Å². The molecule has 1 aliphatic rings. The number of rotatable bonds is 4. The molecule has 100 valence electrons. The highest BCUT2D eigenvalue weighted by molar-refractivity contribution is 7.88. The van der Waals surface area contributed by atoms with Crippen LogP contribution < -0.4 is 4.72 Å². The molecular weight excluding hydrogens is 260 g/mol. The second-order valence-corrected chi connectivity index (χ2v) is 6.42. The summed E-state index contributed by atoms with van der Waals surface area (Å²) in [4.78, 5) is 0. The average Bonchev–Trinajstić information content (AvgIpc) is 2.39. The van der Waals surface area contributed by atoms with Crippen LogP contribution in [0.15, 0.2) is 36.4 Å². The molecule has 0 saturated heterocycles. The van der Waals surface area contributed by atoms with Crippen LogP contribution in [0.25, 0.3) is 0 Å². The van der Waals surface area contributed by atoms with Gasteiger partial charge in [0.05, 0.1) is 17.4 Å². The lowest BCUT2D eigenvalue weighted by atomic mass is 10.0. The Morgan fingerprint density at radius 2 is 2.00 bits per heavy atom. The summed E-state index contributed by atoms with van der Waals surface area (Å²) in [7, 11) is -3.32. The van der Waals surface area contributed by atoms with Crippen LogP contribution in [0.2, 0.25) is 0 Å². The molecule has 0 amide bonds. The van der Waals surface area contributed by atoms with Crippen molar-refractivity contribution >= 4 is 10.0 Å². The van der Waals surface area contributed by atoms with E-state index in [0.29, 0.717) is 11.1 Å².